The summed E-state index contributed by atoms with van der Waals surface area (Å²) in [5.41, 5.74) is 8.93. The van der Waals surface area contributed by atoms with E-state index in [1.165, 1.54) is 5.56 Å². The summed E-state index contributed by atoms with van der Waals surface area (Å²) in [5.74, 6) is 1.27. The van der Waals surface area contributed by atoms with Crippen molar-refractivity contribution in [3.63, 3.8) is 0 Å². The zero-order valence-corrected chi connectivity index (χ0v) is 18.2. The lowest BCUT2D eigenvalue weighted by molar-refractivity contribution is -0.675. The second-order valence-corrected chi connectivity index (χ2v) is 8.39. The summed E-state index contributed by atoms with van der Waals surface area (Å²) in [6, 6.07) is 16.4. The molecule has 4 aromatic rings. The molecule has 8 heteroatoms. The van der Waals surface area contributed by atoms with Gasteiger partial charge in [0.25, 0.3) is 5.65 Å². The average Bonchev–Trinajstić information content (AvgIpc) is 3.15. The van der Waals surface area contributed by atoms with Gasteiger partial charge in [-0.05, 0) is 58.1 Å². The van der Waals surface area contributed by atoms with E-state index in [0.717, 1.165) is 43.5 Å². The van der Waals surface area contributed by atoms with E-state index >= 15 is 0 Å². The number of halogens is 1. The number of fused-ring (bicyclic) bond motifs is 1. The van der Waals surface area contributed by atoms with Crippen LogP contribution in [0.15, 0.2) is 64.9 Å². The molecular formula is C20H19IN5OS+. The molecule has 0 fully saturated rings. The number of hydrogen-bond acceptors (Lipinski definition) is 5. The van der Waals surface area contributed by atoms with E-state index in [1.807, 2.05) is 28.8 Å². The van der Waals surface area contributed by atoms with Crippen molar-refractivity contribution in [2.24, 2.45) is 0 Å². The van der Waals surface area contributed by atoms with Gasteiger partial charge >= 0.3 is 0 Å². The van der Waals surface area contributed by atoms with Crippen molar-refractivity contribution in [2.45, 2.75) is 23.0 Å². The molecule has 0 aliphatic heterocycles. The molecule has 0 aliphatic carbocycles. The molecule has 0 atom stereocenters. The summed E-state index contributed by atoms with van der Waals surface area (Å²) < 4.78 is 8.51. The second-order valence-electron chi connectivity index (χ2n) is 6.20. The molecule has 0 bridgehead atoms. The van der Waals surface area contributed by atoms with Crippen LogP contribution in [0, 0.1) is 3.57 Å². The molecule has 0 amide bonds. The fourth-order valence-corrected chi connectivity index (χ4v) is 4.38. The number of benzene rings is 2. The summed E-state index contributed by atoms with van der Waals surface area (Å²) in [6.45, 7) is 0.777. The molecule has 0 saturated heterocycles. The Bertz CT molecular complexity index is 1120. The standard InChI is InChI=1S/C20H18IN5OS/c1-27-14-7-8-15(21)16(11-14)28-20-24-17-18(22)23-12-26(19(17)25-20)10-9-13-5-3-2-4-6-13/h2-8,11-12H,9-10H2,1H3,(H2,22,24,25)/p+1. The van der Waals surface area contributed by atoms with Crippen LogP contribution in [0.25, 0.3) is 11.2 Å². The molecule has 0 spiro atoms. The highest BCUT2D eigenvalue weighted by Gasteiger charge is 2.20. The molecule has 0 aliphatic rings. The van der Waals surface area contributed by atoms with Crippen LogP contribution in [0.3, 0.4) is 0 Å². The Morgan fingerprint density at radius 2 is 2.04 bits per heavy atom. The number of nitrogen functional groups attached to an aromatic ring is 1. The van der Waals surface area contributed by atoms with E-state index in [1.54, 1.807) is 25.2 Å². The Morgan fingerprint density at radius 3 is 2.82 bits per heavy atom. The predicted octanol–water partition coefficient (Wildman–Crippen LogP) is 3.83. The smallest absolute Gasteiger partial charge is 0.294 e. The van der Waals surface area contributed by atoms with Crippen molar-refractivity contribution in [2.75, 3.05) is 12.8 Å². The van der Waals surface area contributed by atoms with Crippen LogP contribution in [-0.2, 0) is 13.0 Å². The van der Waals surface area contributed by atoms with Crippen LogP contribution in [0.1, 0.15) is 5.56 Å². The van der Waals surface area contributed by atoms with Crippen molar-refractivity contribution in [1.82, 2.24) is 15.0 Å². The number of aromatic nitrogens is 4. The maximum atomic E-state index is 6.09. The number of aromatic amines is 1. The van der Waals surface area contributed by atoms with E-state index in [2.05, 4.69) is 56.8 Å². The Morgan fingerprint density at radius 1 is 1.21 bits per heavy atom. The minimum atomic E-state index is 0.450. The number of nitrogens with zero attached hydrogens (tertiary/aromatic N) is 3. The summed E-state index contributed by atoms with van der Waals surface area (Å²) in [4.78, 5) is 13.5. The minimum absolute atomic E-state index is 0.450. The van der Waals surface area contributed by atoms with Crippen LogP contribution in [0.4, 0.5) is 5.82 Å². The largest absolute Gasteiger partial charge is 0.497 e. The Hall–Kier alpha value is -2.33. The average molecular weight is 504 g/mol. The number of nitrogens with one attached hydrogen (secondary N) is 1. The first kappa shape index (κ1) is 19.0. The van der Waals surface area contributed by atoms with Gasteiger partial charge in [0, 0.05) is 14.9 Å². The van der Waals surface area contributed by atoms with Crippen LogP contribution in [-0.4, -0.2) is 22.1 Å². The highest BCUT2D eigenvalue weighted by atomic mass is 127. The van der Waals surface area contributed by atoms with Gasteiger partial charge in [-0.2, -0.15) is 0 Å². The lowest BCUT2D eigenvalue weighted by atomic mass is 10.1. The van der Waals surface area contributed by atoms with Crippen LogP contribution < -0.4 is 15.0 Å². The number of aryl methyl sites for hydroxylation is 2. The van der Waals surface area contributed by atoms with Crippen molar-refractivity contribution in [3.05, 3.63) is 64.0 Å². The first-order valence-electron chi connectivity index (χ1n) is 8.73. The minimum Gasteiger partial charge on any atom is -0.497 e. The number of anilines is 1. The number of nitrogens with two attached hydrogens (primary N) is 1. The first-order chi connectivity index (χ1) is 13.6. The number of H-pyrrole nitrogens is 1. The van der Waals surface area contributed by atoms with E-state index in [4.69, 9.17) is 15.5 Å². The van der Waals surface area contributed by atoms with Crippen molar-refractivity contribution in [1.29, 1.82) is 0 Å². The van der Waals surface area contributed by atoms with E-state index < -0.39 is 0 Å². The number of rotatable bonds is 6. The third-order valence-corrected chi connectivity index (χ3v) is 6.61. The monoisotopic (exact) mass is 504 g/mol. The maximum Gasteiger partial charge on any atom is 0.294 e. The molecule has 2 aromatic carbocycles. The third kappa shape index (κ3) is 4.07. The van der Waals surface area contributed by atoms with Gasteiger partial charge < -0.3 is 15.5 Å². The second kappa shape index (κ2) is 8.36. The summed E-state index contributed by atoms with van der Waals surface area (Å²) >= 11 is 3.86. The van der Waals surface area contributed by atoms with Crippen LogP contribution >= 0.6 is 34.4 Å². The summed E-state index contributed by atoms with van der Waals surface area (Å²) in [5, 5.41) is 0.773. The molecule has 0 radical (unpaired) electrons. The zero-order valence-electron chi connectivity index (χ0n) is 15.2. The van der Waals surface area contributed by atoms with E-state index in [0.29, 0.717) is 5.82 Å². The summed E-state index contributed by atoms with van der Waals surface area (Å²) in [6.07, 6.45) is 2.65. The topological polar surface area (TPSA) is 80.7 Å². The molecule has 0 saturated carbocycles. The van der Waals surface area contributed by atoms with Gasteiger partial charge in [-0.15, -0.1) is 0 Å². The fraction of sp³-hybridized carbons (Fsp3) is 0.150. The highest BCUT2D eigenvalue weighted by Crippen LogP contribution is 2.33. The normalized spacial score (nSPS) is 11.1. The molecular weight excluding hydrogens is 485 g/mol. The van der Waals surface area contributed by atoms with Gasteiger partial charge in [0.2, 0.25) is 17.3 Å². The zero-order chi connectivity index (χ0) is 19.5. The number of imidazole rings is 1. The number of hydrogen-bond donors (Lipinski definition) is 2. The Kier molecular flexibility index (Phi) is 5.67. The lowest BCUT2D eigenvalue weighted by Gasteiger charge is -2.04. The Balaban J connectivity index is 1.64. The van der Waals surface area contributed by atoms with Crippen molar-refractivity contribution in [3.8, 4) is 5.75 Å². The van der Waals surface area contributed by atoms with Gasteiger partial charge in [0.1, 0.15) is 5.75 Å². The highest BCUT2D eigenvalue weighted by molar-refractivity contribution is 14.1. The number of ether oxygens (including phenoxy) is 1. The molecule has 4 rings (SSSR count). The third-order valence-electron chi connectivity index (χ3n) is 4.36. The quantitative estimate of drug-likeness (QED) is 0.308. The molecule has 2 aromatic heterocycles. The van der Waals surface area contributed by atoms with Gasteiger partial charge in [-0.25, -0.2) is 4.57 Å². The van der Waals surface area contributed by atoms with Gasteiger partial charge in [-0.1, -0.05) is 40.3 Å². The van der Waals surface area contributed by atoms with Crippen LogP contribution in [0.2, 0.25) is 0 Å². The Labute approximate surface area is 180 Å². The van der Waals surface area contributed by atoms with Gasteiger partial charge in [0.15, 0.2) is 5.52 Å². The lowest BCUT2D eigenvalue weighted by Crippen LogP contribution is -2.36. The molecule has 2 heterocycles. The van der Waals surface area contributed by atoms with Gasteiger partial charge in [-0.3, -0.25) is 0 Å². The molecule has 0 unspecified atom stereocenters. The van der Waals surface area contributed by atoms with Gasteiger partial charge in [0.05, 0.1) is 13.7 Å². The fourth-order valence-electron chi connectivity index (χ4n) is 2.88. The van der Waals surface area contributed by atoms with Crippen LogP contribution in [0.5, 0.6) is 5.75 Å². The molecule has 142 valence electrons. The number of methoxy groups -OCH3 is 1. The predicted molar refractivity (Wildman–Crippen MR) is 118 cm³/mol. The summed E-state index contributed by atoms with van der Waals surface area (Å²) in [7, 11) is 1.67. The van der Waals surface area contributed by atoms with Crippen molar-refractivity contribution < 1.29 is 9.30 Å². The SMILES string of the molecule is COc1ccc(I)c(Sc2nc3c([nH]2)c(N)nc[n+]3CCc2ccccc2)c1. The van der Waals surface area contributed by atoms with Crippen molar-refractivity contribution >= 4 is 51.3 Å². The van der Waals surface area contributed by atoms with E-state index in [-0.39, 0.29) is 0 Å². The molecule has 3 N–H and O–H groups in total. The maximum absolute atomic E-state index is 6.09. The first-order valence-corrected chi connectivity index (χ1v) is 10.6. The molecule has 6 nitrogen and oxygen atoms in total. The molecule has 28 heavy (non-hydrogen) atoms. The van der Waals surface area contributed by atoms with E-state index in [9.17, 15) is 0 Å².